The van der Waals surface area contributed by atoms with E-state index in [-0.39, 0.29) is 22.5 Å². The van der Waals surface area contributed by atoms with Crippen LogP contribution in [-0.4, -0.2) is 57.1 Å². The molecule has 6 atom stereocenters. The average molecular weight is 540 g/mol. The molecule has 4 fully saturated rings. The smallest absolute Gasteiger partial charge is 0.165 e. The number of methoxy groups -OCH3 is 2. The highest BCUT2D eigenvalue weighted by atomic mass is 79.9. The lowest BCUT2D eigenvalue weighted by atomic mass is 9.35. The van der Waals surface area contributed by atoms with Crippen molar-refractivity contribution in [3.05, 3.63) is 57.6 Å². The normalized spacial score (nSPS) is 38.2. The van der Waals surface area contributed by atoms with Gasteiger partial charge in [-0.2, -0.15) is 0 Å². The zero-order valence-electron chi connectivity index (χ0n) is 20.8. The number of likely N-dealkylation sites (tertiary alicyclic amines) is 1. The average Bonchev–Trinajstić information content (AvgIpc) is 3.24. The van der Waals surface area contributed by atoms with Crippen molar-refractivity contribution in [3.63, 3.8) is 0 Å². The first-order valence-corrected chi connectivity index (χ1v) is 13.7. The maximum Gasteiger partial charge on any atom is 0.165 e. The van der Waals surface area contributed by atoms with E-state index in [4.69, 9.17) is 18.9 Å². The van der Waals surface area contributed by atoms with Gasteiger partial charge in [-0.15, -0.1) is 0 Å². The number of rotatable bonds is 6. The van der Waals surface area contributed by atoms with Gasteiger partial charge < -0.3 is 23.8 Å². The van der Waals surface area contributed by atoms with E-state index in [0.717, 1.165) is 48.2 Å². The Labute approximate surface area is 216 Å². The predicted octanol–water partition coefficient (Wildman–Crippen LogP) is 5.12. The van der Waals surface area contributed by atoms with Gasteiger partial charge in [0.25, 0.3) is 0 Å². The Morgan fingerprint density at radius 2 is 1.91 bits per heavy atom. The van der Waals surface area contributed by atoms with Gasteiger partial charge in [0, 0.05) is 39.9 Å². The van der Waals surface area contributed by atoms with Crippen LogP contribution < -0.4 is 9.47 Å². The largest absolute Gasteiger partial charge is 0.493 e. The third-order valence-electron chi connectivity index (χ3n) is 10.5. The molecule has 2 aliphatic heterocycles. The first-order valence-electron chi connectivity index (χ1n) is 12.9. The Bertz CT molecular complexity index is 1170. The fourth-order valence-corrected chi connectivity index (χ4v) is 9.34. The number of piperidine rings is 1. The van der Waals surface area contributed by atoms with Crippen LogP contribution in [-0.2, 0) is 27.9 Å². The Morgan fingerprint density at radius 3 is 2.69 bits per heavy atom. The zero-order valence-corrected chi connectivity index (χ0v) is 22.4. The van der Waals surface area contributed by atoms with E-state index in [1.165, 1.54) is 23.1 Å². The van der Waals surface area contributed by atoms with Crippen molar-refractivity contribution >= 4 is 15.9 Å². The maximum absolute atomic E-state index is 7.04. The molecule has 0 N–H and O–H groups in total. The van der Waals surface area contributed by atoms with Crippen LogP contribution in [0.25, 0.3) is 0 Å². The van der Waals surface area contributed by atoms with Gasteiger partial charge in [0.2, 0.25) is 0 Å². The highest BCUT2D eigenvalue weighted by Crippen LogP contribution is 2.76. The van der Waals surface area contributed by atoms with Gasteiger partial charge >= 0.3 is 0 Å². The van der Waals surface area contributed by atoms with Gasteiger partial charge in [-0.3, -0.25) is 0 Å². The monoisotopic (exact) mass is 539 g/mol. The topological polar surface area (TPSA) is 40.2 Å². The zero-order chi connectivity index (χ0) is 24.0. The van der Waals surface area contributed by atoms with Gasteiger partial charge in [-0.25, -0.2) is 0 Å². The van der Waals surface area contributed by atoms with Crippen molar-refractivity contribution < 1.29 is 18.9 Å². The Balaban J connectivity index is 1.30. The first kappa shape index (κ1) is 22.6. The van der Waals surface area contributed by atoms with Crippen molar-refractivity contribution in [2.24, 2.45) is 11.3 Å². The van der Waals surface area contributed by atoms with Crippen molar-refractivity contribution in [1.29, 1.82) is 0 Å². The molecule has 2 spiro atoms. The van der Waals surface area contributed by atoms with Crippen molar-refractivity contribution in [2.75, 3.05) is 34.4 Å². The summed E-state index contributed by atoms with van der Waals surface area (Å²) < 4.78 is 26.9. The number of likely N-dealkylation sites (N-methyl/N-ethyl adjacent to an activating group) is 1. The molecule has 4 aliphatic carbocycles. The molecule has 6 heteroatoms. The summed E-state index contributed by atoms with van der Waals surface area (Å²) >= 11 is 3.53. The van der Waals surface area contributed by atoms with Crippen LogP contribution in [0.3, 0.4) is 0 Å². The van der Waals surface area contributed by atoms with Gasteiger partial charge in [-0.05, 0) is 75.0 Å². The third kappa shape index (κ3) is 2.70. The van der Waals surface area contributed by atoms with Crippen LogP contribution in [0.4, 0.5) is 0 Å². The van der Waals surface area contributed by atoms with Crippen LogP contribution >= 0.6 is 15.9 Å². The minimum atomic E-state index is -0.347. The highest BCUT2D eigenvalue weighted by molar-refractivity contribution is 9.10. The summed E-state index contributed by atoms with van der Waals surface area (Å²) in [5, 5.41) is 0. The number of nitrogens with zero attached hydrogens (tertiary/aromatic N) is 1. The second kappa shape index (κ2) is 7.70. The van der Waals surface area contributed by atoms with E-state index >= 15 is 0 Å². The maximum atomic E-state index is 7.04. The van der Waals surface area contributed by atoms with E-state index in [2.05, 4.69) is 64.3 Å². The van der Waals surface area contributed by atoms with Crippen LogP contribution in [0, 0.1) is 11.3 Å². The van der Waals surface area contributed by atoms with Crippen LogP contribution in [0.5, 0.6) is 11.5 Å². The molecule has 2 aromatic carbocycles. The number of fused-ring (bicyclic) bond motifs is 2. The second-order valence-electron chi connectivity index (χ2n) is 11.4. The van der Waals surface area contributed by atoms with E-state index in [1.807, 2.05) is 7.11 Å². The van der Waals surface area contributed by atoms with Crippen molar-refractivity contribution in [2.45, 2.75) is 61.9 Å². The summed E-state index contributed by atoms with van der Waals surface area (Å²) in [4.78, 5) is 2.64. The molecule has 2 aromatic rings. The van der Waals surface area contributed by atoms with Crippen LogP contribution in [0.15, 0.2) is 40.9 Å². The molecule has 6 aliphatic rings. The van der Waals surface area contributed by atoms with E-state index in [9.17, 15) is 0 Å². The SMILES string of the molecule is COc1ccc2c3c1O[C@@H]1C34CCN(C)[C@H](C2)C42CC[C@@]1(OC)[C@@H](COCc1ccc(Br)cc1)C2. The molecule has 35 heavy (non-hydrogen) atoms. The lowest BCUT2D eigenvalue weighted by molar-refractivity contribution is -0.282. The summed E-state index contributed by atoms with van der Waals surface area (Å²) in [7, 11) is 5.99. The summed E-state index contributed by atoms with van der Waals surface area (Å²) in [6, 6.07) is 13.3. The summed E-state index contributed by atoms with van der Waals surface area (Å²) in [6.45, 7) is 2.42. The Hall–Kier alpha value is -1.60. The first-order chi connectivity index (χ1) is 17.0. The molecule has 0 amide bonds. The molecule has 186 valence electrons. The van der Waals surface area contributed by atoms with Crippen LogP contribution in [0.2, 0.25) is 0 Å². The van der Waals surface area contributed by atoms with Crippen molar-refractivity contribution in [3.8, 4) is 11.5 Å². The molecule has 5 nitrogen and oxygen atoms in total. The molecule has 0 radical (unpaired) electrons. The molecule has 1 saturated heterocycles. The van der Waals surface area contributed by atoms with Gasteiger partial charge in [0.1, 0.15) is 11.7 Å². The van der Waals surface area contributed by atoms with E-state index < -0.39 is 0 Å². The molecule has 0 aromatic heterocycles. The number of halogens is 1. The number of ether oxygens (including phenoxy) is 4. The third-order valence-corrected chi connectivity index (χ3v) is 11.0. The molecule has 4 bridgehead atoms. The standard InChI is InChI=1S/C29H34BrNO4/c1-31-13-12-28-24-19-6-9-22(32-2)25(24)35-26(28)29(33-3)11-10-27(28,23(31)14-19)15-20(29)17-34-16-18-4-7-21(30)8-5-18/h4-9,20,23,26H,10-17H2,1-3H3/t20-,23-,26-,27?,28?,29-/m1/s1. The Kier molecular flexibility index (Phi) is 4.97. The van der Waals surface area contributed by atoms with Crippen LogP contribution in [0.1, 0.15) is 42.4 Å². The number of benzene rings is 2. The molecular weight excluding hydrogens is 506 g/mol. The molecule has 3 saturated carbocycles. The van der Waals surface area contributed by atoms with E-state index in [1.54, 1.807) is 7.11 Å². The summed E-state index contributed by atoms with van der Waals surface area (Å²) in [5.41, 5.74) is 3.93. The van der Waals surface area contributed by atoms with Gasteiger partial charge in [0.15, 0.2) is 11.5 Å². The summed E-state index contributed by atoms with van der Waals surface area (Å²) in [5.74, 6) is 2.15. The predicted molar refractivity (Wildman–Crippen MR) is 137 cm³/mol. The van der Waals surface area contributed by atoms with Gasteiger partial charge in [0.05, 0.1) is 20.3 Å². The van der Waals surface area contributed by atoms with Crippen molar-refractivity contribution in [1.82, 2.24) is 4.90 Å². The minimum Gasteiger partial charge on any atom is -0.493 e. The fourth-order valence-electron chi connectivity index (χ4n) is 9.08. The quantitative estimate of drug-likeness (QED) is 0.509. The fraction of sp³-hybridized carbons (Fsp3) is 0.586. The molecular formula is C29H34BrNO4. The lowest BCUT2D eigenvalue weighted by Crippen LogP contribution is -2.81. The molecule has 2 heterocycles. The lowest BCUT2D eigenvalue weighted by Gasteiger charge is -2.73. The second-order valence-corrected chi connectivity index (χ2v) is 12.3. The highest BCUT2D eigenvalue weighted by Gasteiger charge is 2.80. The van der Waals surface area contributed by atoms with Gasteiger partial charge in [-0.1, -0.05) is 34.1 Å². The minimum absolute atomic E-state index is 0.00188. The number of hydrogen-bond donors (Lipinski definition) is 0. The Morgan fingerprint density at radius 1 is 1.09 bits per heavy atom. The summed E-state index contributed by atoms with van der Waals surface area (Å²) in [6.07, 6.45) is 5.56. The molecule has 2 unspecified atom stereocenters. The number of hydrogen-bond acceptors (Lipinski definition) is 5. The van der Waals surface area contributed by atoms with E-state index in [0.29, 0.717) is 25.2 Å². The molecule has 8 rings (SSSR count).